The smallest absolute Gasteiger partial charge is 0.339 e. The van der Waals surface area contributed by atoms with Crippen LogP contribution in [-0.2, 0) is 4.74 Å². The molecule has 3 aromatic carbocycles. The van der Waals surface area contributed by atoms with Gasteiger partial charge in [-0.05, 0) is 48.1 Å². The predicted molar refractivity (Wildman–Crippen MR) is 113 cm³/mol. The Hall–Kier alpha value is -3.05. The number of aromatic nitrogens is 1. The van der Waals surface area contributed by atoms with Crippen LogP contribution in [0.15, 0.2) is 70.0 Å². The average Bonchev–Trinajstić information content (AvgIpc) is 3.15. The van der Waals surface area contributed by atoms with Crippen LogP contribution in [0, 0.1) is 6.92 Å². The van der Waals surface area contributed by atoms with Gasteiger partial charge in [0.2, 0.25) is 5.89 Å². The van der Waals surface area contributed by atoms with Gasteiger partial charge in [-0.2, -0.15) is 0 Å². The van der Waals surface area contributed by atoms with Crippen LogP contribution in [0.5, 0.6) is 0 Å². The van der Waals surface area contributed by atoms with Gasteiger partial charge in [0.25, 0.3) is 0 Å². The Morgan fingerprint density at radius 1 is 1.04 bits per heavy atom. The van der Waals surface area contributed by atoms with Crippen molar-refractivity contribution in [3.63, 3.8) is 0 Å². The normalized spacial score (nSPS) is 11.0. The number of carbonyl (C=O) groups is 1. The Bertz CT molecular complexity index is 1170. The number of benzene rings is 3. The first kappa shape index (κ1) is 18.3. The number of ether oxygens (including phenoxy) is 1. The first-order valence-electron chi connectivity index (χ1n) is 8.84. The molecule has 0 aliphatic carbocycles. The van der Waals surface area contributed by atoms with Crippen molar-refractivity contribution in [1.82, 2.24) is 4.98 Å². The molecule has 1 heterocycles. The van der Waals surface area contributed by atoms with E-state index in [1.165, 1.54) is 18.9 Å². The van der Waals surface area contributed by atoms with Crippen LogP contribution in [0.4, 0.5) is 0 Å². The van der Waals surface area contributed by atoms with Gasteiger partial charge in [-0.15, -0.1) is 11.8 Å². The molecule has 0 aliphatic heterocycles. The average molecular weight is 389 g/mol. The SMILES string of the molecule is COC(=O)c1cc2nc(-c3cccc(-c4ccccc4)c3C)oc2cc1SC. The molecule has 4 aromatic rings. The second-order valence-corrected chi connectivity index (χ2v) is 7.22. The van der Waals surface area contributed by atoms with Crippen molar-refractivity contribution >= 4 is 28.8 Å². The summed E-state index contributed by atoms with van der Waals surface area (Å²) < 4.78 is 11.0. The van der Waals surface area contributed by atoms with Crippen LogP contribution in [0.1, 0.15) is 15.9 Å². The molecule has 1 aromatic heterocycles. The lowest BCUT2D eigenvalue weighted by Gasteiger charge is -2.09. The topological polar surface area (TPSA) is 52.3 Å². The summed E-state index contributed by atoms with van der Waals surface area (Å²) in [6.07, 6.45) is 1.92. The quantitative estimate of drug-likeness (QED) is 0.317. The number of thioether (sulfide) groups is 1. The fourth-order valence-corrected chi connectivity index (χ4v) is 3.89. The van der Waals surface area contributed by atoms with Gasteiger partial charge >= 0.3 is 5.97 Å². The van der Waals surface area contributed by atoms with Crippen LogP contribution >= 0.6 is 11.8 Å². The number of rotatable bonds is 4. The number of hydrogen-bond acceptors (Lipinski definition) is 5. The van der Waals surface area contributed by atoms with Crippen LogP contribution in [0.25, 0.3) is 33.7 Å². The maximum Gasteiger partial charge on any atom is 0.339 e. The summed E-state index contributed by atoms with van der Waals surface area (Å²) in [5.41, 5.74) is 6.10. The van der Waals surface area contributed by atoms with Gasteiger partial charge in [0.05, 0.1) is 12.7 Å². The van der Waals surface area contributed by atoms with Crippen LogP contribution < -0.4 is 0 Å². The van der Waals surface area contributed by atoms with Gasteiger partial charge in [0.15, 0.2) is 5.58 Å². The summed E-state index contributed by atoms with van der Waals surface area (Å²) in [4.78, 5) is 17.5. The molecule has 28 heavy (non-hydrogen) atoms. The van der Waals surface area contributed by atoms with E-state index in [9.17, 15) is 4.79 Å². The molecule has 0 spiro atoms. The second-order valence-electron chi connectivity index (χ2n) is 6.37. The zero-order chi connectivity index (χ0) is 19.7. The van der Waals surface area contributed by atoms with E-state index in [0.29, 0.717) is 22.6 Å². The summed E-state index contributed by atoms with van der Waals surface area (Å²) in [5, 5.41) is 0. The highest BCUT2D eigenvalue weighted by Crippen LogP contribution is 2.34. The van der Waals surface area contributed by atoms with Crippen molar-refractivity contribution in [3.8, 4) is 22.6 Å². The highest BCUT2D eigenvalue weighted by atomic mass is 32.2. The highest BCUT2D eigenvalue weighted by molar-refractivity contribution is 7.98. The minimum atomic E-state index is -0.377. The molecule has 0 fully saturated rings. The molecule has 0 atom stereocenters. The number of methoxy groups -OCH3 is 1. The largest absolute Gasteiger partial charge is 0.465 e. The van der Waals surface area contributed by atoms with Crippen LogP contribution in [-0.4, -0.2) is 24.3 Å². The molecule has 4 nitrogen and oxygen atoms in total. The second kappa shape index (κ2) is 7.52. The van der Waals surface area contributed by atoms with E-state index in [2.05, 4.69) is 30.1 Å². The molecular weight excluding hydrogens is 370 g/mol. The van der Waals surface area contributed by atoms with Gasteiger partial charge < -0.3 is 9.15 Å². The number of oxazole rings is 1. The number of esters is 1. The van der Waals surface area contributed by atoms with Crippen molar-refractivity contribution in [3.05, 3.63) is 71.8 Å². The minimum absolute atomic E-state index is 0.377. The number of carbonyl (C=O) groups excluding carboxylic acids is 1. The summed E-state index contributed by atoms with van der Waals surface area (Å²) in [7, 11) is 1.38. The monoisotopic (exact) mass is 389 g/mol. The first-order valence-corrected chi connectivity index (χ1v) is 10.1. The first-order chi connectivity index (χ1) is 13.6. The van der Waals surface area contributed by atoms with E-state index >= 15 is 0 Å². The van der Waals surface area contributed by atoms with Crippen molar-refractivity contribution in [2.45, 2.75) is 11.8 Å². The molecule has 0 radical (unpaired) electrons. The summed E-state index contributed by atoms with van der Waals surface area (Å²) in [6, 6.07) is 19.9. The van der Waals surface area contributed by atoms with Crippen LogP contribution in [0.2, 0.25) is 0 Å². The third kappa shape index (κ3) is 3.18. The van der Waals surface area contributed by atoms with E-state index < -0.39 is 0 Å². The molecule has 0 N–H and O–H groups in total. The lowest BCUT2D eigenvalue weighted by atomic mass is 9.96. The Balaban J connectivity index is 1.85. The van der Waals surface area contributed by atoms with E-state index in [1.54, 1.807) is 6.07 Å². The fraction of sp³-hybridized carbons (Fsp3) is 0.130. The maximum atomic E-state index is 12.1. The summed E-state index contributed by atoms with van der Waals surface area (Å²) >= 11 is 1.47. The summed E-state index contributed by atoms with van der Waals surface area (Å²) in [6.45, 7) is 2.07. The molecule has 0 bridgehead atoms. The molecule has 0 unspecified atom stereocenters. The molecule has 0 saturated heterocycles. The minimum Gasteiger partial charge on any atom is -0.465 e. The van der Waals surface area contributed by atoms with E-state index in [4.69, 9.17) is 9.15 Å². The van der Waals surface area contributed by atoms with Crippen LogP contribution in [0.3, 0.4) is 0 Å². The van der Waals surface area contributed by atoms with E-state index in [1.807, 2.05) is 42.7 Å². The Morgan fingerprint density at radius 3 is 2.50 bits per heavy atom. The molecule has 140 valence electrons. The van der Waals surface area contributed by atoms with E-state index in [0.717, 1.165) is 27.1 Å². The molecule has 5 heteroatoms. The fourth-order valence-electron chi connectivity index (χ4n) is 3.31. The lowest BCUT2D eigenvalue weighted by Crippen LogP contribution is -2.02. The van der Waals surface area contributed by atoms with Gasteiger partial charge in [0, 0.05) is 10.5 Å². The summed E-state index contributed by atoms with van der Waals surface area (Å²) in [5.74, 6) is 0.164. The molecule has 0 saturated carbocycles. The van der Waals surface area contributed by atoms with Crippen molar-refractivity contribution in [2.24, 2.45) is 0 Å². The van der Waals surface area contributed by atoms with E-state index in [-0.39, 0.29) is 5.97 Å². The molecule has 0 aliphatic rings. The number of fused-ring (bicyclic) bond motifs is 1. The van der Waals surface area contributed by atoms with Gasteiger partial charge in [-0.1, -0.05) is 42.5 Å². The lowest BCUT2D eigenvalue weighted by molar-refractivity contribution is 0.0597. The predicted octanol–water partition coefficient (Wildman–Crippen LogP) is 5.98. The van der Waals surface area contributed by atoms with Gasteiger partial charge in [0.1, 0.15) is 5.52 Å². The third-order valence-corrected chi connectivity index (χ3v) is 5.54. The molecule has 0 amide bonds. The Labute approximate surface area is 167 Å². The highest BCUT2D eigenvalue weighted by Gasteiger charge is 2.18. The molecular formula is C23H19NO3S. The zero-order valence-electron chi connectivity index (χ0n) is 15.9. The third-order valence-electron chi connectivity index (χ3n) is 4.76. The maximum absolute atomic E-state index is 12.1. The standard InChI is InChI=1S/C23H19NO3S/c1-14-16(15-8-5-4-6-9-15)10-7-11-17(14)22-24-19-12-18(23(25)26-2)21(28-3)13-20(19)27-22/h4-13H,1-3H3. The number of nitrogens with zero attached hydrogens (tertiary/aromatic N) is 1. The van der Waals surface area contributed by atoms with Crippen molar-refractivity contribution in [2.75, 3.05) is 13.4 Å². The van der Waals surface area contributed by atoms with Gasteiger partial charge in [-0.25, -0.2) is 9.78 Å². The zero-order valence-corrected chi connectivity index (χ0v) is 16.7. The Morgan fingerprint density at radius 2 is 1.79 bits per heavy atom. The van der Waals surface area contributed by atoms with Crippen molar-refractivity contribution in [1.29, 1.82) is 0 Å². The van der Waals surface area contributed by atoms with Crippen molar-refractivity contribution < 1.29 is 13.9 Å². The molecule has 4 rings (SSSR count). The van der Waals surface area contributed by atoms with Gasteiger partial charge in [-0.3, -0.25) is 0 Å². The Kier molecular flexibility index (Phi) is 4.92. The number of hydrogen-bond donors (Lipinski definition) is 0.